The van der Waals surface area contributed by atoms with Crippen molar-refractivity contribution in [1.82, 2.24) is 9.97 Å². The number of ether oxygens (including phenoxy) is 2. The minimum absolute atomic E-state index is 0.517. The van der Waals surface area contributed by atoms with Crippen LogP contribution in [0.4, 0.5) is 23.1 Å². The van der Waals surface area contributed by atoms with E-state index < -0.39 is 0 Å². The summed E-state index contributed by atoms with van der Waals surface area (Å²) >= 11 is 0. The van der Waals surface area contributed by atoms with E-state index in [0.717, 1.165) is 39.6 Å². The van der Waals surface area contributed by atoms with Crippen LogP contribution in [0.3, 0.4) is 0 Å². The summed E-state index contributed by atoms with van der Waals surface area (Å²) in [4.78, 5) is 9.34. The lowest BCUT2D eigenvalue weighted by Gasteiger charge is -2.12. The molecule has 1 aromatic heterocycles. The van der Waals surface area contributed by atoms with Crippen LogP contribution in [-0.4, -0.2) is 23.7 Å². The van der Waals surface area contributed by atoms with Crippen LogP contribution in [0.2, 0.25) is 0 Å². The van der Waals surface area contributed by atoms with E-state index in [1.807, 2.05) is 79.7 Å². The molecular weight excluding hydrogens is 364 g/mol. The number of para-hydroxylation sites is 1. The molecule has 4 rings (SSSR count). The van der Waals surface area contributed by atoms with Crippen molar-refractivity contribution in [2.24, 2.45) is 0 Å². The van der Waals surface area contributed by atoms with Gasteiger partial charge in [0.25, 0.3) is 0 Å². The first-order chi connectivity index (χ1) is 14.2. The average molecular weight is 386 g/mol. The van der Waals surface area contributed by atoms with Crippen LogP contribution in [0.15, 0.2) is 72.8 Å². The fraction of sp³-hybridized carbons (Fsp3) is 0.130. The number of nitrogens with one attached hydrogen (secondary N) is 2. The van der Waals surface area contributed by atoms with Gasteiger partial charge in [0, 0.05) is 16.8 Å². The SMILES string of the molecule is CCOc1ccc(Nc2nc(Nc3ccc(OC)cc3)c3ccccc3n2)cc1. The van der Waals surface area contributed by atoms with Crippen molar-refractivity contribution in [2.45, 2.75) is 6.92 Å². The molecule has 0 aliphatic rings. The van der Waals surface area contributed by atoms with Crippen molar-refractivity contribution < 1.29 is 9.47 Å². The fourth-order valence-corrected chi connectivity index (χ4v) is 2.97. The van der Waals surface area contributed by atoms with Gasteiger partial charge < -0.3 is 20.1 Å². The Hall–Kier alpha value is -3.80. The maximum Gasteiger partial charge on any atom is 0.229 e. The number of hydrogen-bond donors (Lipinski definition) is 2. The van der Waals surface area contributed by atoms with Crippen LogP contribution in [0.5, 0.6) is 11.5 Å². The Labute approximate surface area is 169 Å². The van der Waals surface area contributed by atoms with E-state index in [-0.39, 0.29) is 0 Å². The first-order valence-corrected chi connectivity index (χ1v) is 9.43. The second-order valence-electron chi connectivity index (χ2n) is 6.35. The van der Waals surface area contributed by atoms with Crippen LogP contribution >= 0.6 is 0 Å². The van der Waals surface area contributed by atoms with Crippen molar-refractivity contribution in [1.29, 1.82) is 0 Å². The summed E-state index contributed by atoms with van der Waals surface area (Å²) in [7, 11) is 1.65. The highest BCUT2D eigenvalue weighted by molar-refractivity contribution is 5.92. The fourth-order valence-electron chi connectivity index (χ4n) is 2.97. The first-order valence-electron chi connectivity index (χ1n) is 9.43. The molecule has 3 aromatic carbocycles. The maximum absolute atomic E-state index is 5.49. The molecular formula is C23H22N4O2. The standard InChI is InChI=1S/C23H22N4O2/c1-3-29-19-14-10-17(11-15-19)25-23-26-21-7-5-4-6-20(21)22(27-23)24-16-8-12-18(28-2)13-9-16/h4-15H,3H2,1-2H3,(H2,24,25,26,27). The van der Waals surface area contributed by atoms with Gasteiger partial charge in [-0.15, -0.1) is 0 Å². The topological polar surface area (TPSA) is 68.3 Å². The lowest BCUT2D eigenvalue weighted by atomic mass is 10.2. The molecule has 0 saturated carbocycles. The Morgan fingerprint density at radius 1 is 0.759 bits per heavy atom. The normalized spacial score (nSPS) is 10.6. The quantitative estimate of drug-likeness (QED) is 0.436. The number of aromatic nitrogens is 2. The van der Waals surface area contributed by atoms with Gasteiger partial charge in [-0.05, 0) is 67.6 Å². The number of methoxy groups -OCH3 is 1. The van der Waals surface area contributed by atoms with E-state index in [2.05, 4.69) is 15.6 Å². The Morgan fingerprint density at radius 3 is 2.10 bits per heavy atom. The van der Waals surface area contributed by atoms with Gasteiger partial charge in [0.2, 0.25) is 5.95 Å². The predicted octanol–water partition coefficient (Wildman–Crippen LogP) is 5.52. The molecule has 0 radical (unpaired) electrons. The maximum atomic E-state index is 5.49. The molecule has 6 heteroatoms. The Morgan fingerprint density at radius 2 is 1.41 bits per heavy atom. The van der Waals surface area contributed by atoms with Crippen molar-refractivity contribution in [2.75, 3.05) is 24.4 Å². The van der Waals surface area contributed by atoms with E-state index >= 15 is 0 Å². The zero-order chi connectivity index (χ0) is 20.1. The minimum Gasteiger partial charge on any atom is -0.497 e. The number of anilines is 4. The average Bonchev–Trinajstić information content (AvgIpc) is 2.76. The number of nitrogens with zero attached hydrogens (tertiary/aromatic N) is 2. The third kappa shape index (κ3) is 4.38. The number of fused-ring (bicyclic) bond motifs is 1. The van der Waals surface area contributed by atoms with Crippen LogP contribution in [0.25, 0.3) is 10.9 Å². The van der Waals surface area contributed by atoms with Crippen LogP contribution in [-0.2, 0) is 0 Å². The van der Waals surface area contributed by atoms with Gasteiger partial charge in [0.15, 0.2) is 0 Å². The van der Waals surface area contributed by atoms with Crippen LogP contribution < -0.4 is 20.1 Å². The molecule has 0 aliphatic heterocycles. The van der Waals surface area contributed by atoms with E-state index in [1.165, 1.54) is 0 Å². The lowest BCUT2D eigenvalue weighted by molar-refractivity contribution is 0.340. The van der Waals surface area contributed by atoms with Gasteiger partial charge in [-0.2, -0.15) is 4.98 Å². The van der Waals surface area contributed by atoms with Gasteiger partial charge in [-0.25, -0.2) is 4.98 Å². The molecule has 0 atom stereocenters. The molecule has 0 unspecified atom stereocenters. The zero-order valence-electron chi connectivity index (χ0n) is 16.3. The summed E-state index contributed by atoms with van der Waals surface area (Å²) in [5.41, 5.74) is 2.66. The highest BCUT2D eigenvalue weighted by Gasteiger charge is 2.09. The van der Waals surface area contributed by atoms with Gasteiger partial charge in [-0.1, -0.05) is 12.1 Å². The van der Waals surface area contributed by atoms with Crippen LogP contribution in [0.1, 0.15) is 6.92 Å². The van der Waals surface area contributed by atoms with E-state index in [1.54, 1.807) is 7.11 Å². The highest BCUT2D eigenvalue weighted by atomic mass is 16.5. The highest BCUT2D eigenvalue weighted by Crippen LogP contribution is 2.27. The molecule has 1 heterocycles. The van der Waals surface area contributed by atoms with E-state index in [9.17, 15) is 0 Å². The summed E-state index contributed by atoms with van der Waals surface area (Å²) < 4.78 is 10.7. The molecule has 29 heavy (non-hydrogen) atoms. The van der Waals surface area contributed by atoms with Crippen molar-refractivity contribution in [3.8, 4) is 11.5 Å². The summed E-state index contributed by atoms with van der Waals surface area (Å²) in [6.07, 6.45) is 0. The second-order valence-corrected chi connectivity index (χ2v) is 6.35. The monoisotopic (exact) mass is 386 g/mol. The number of rotatable bonds is 7. The summed E-state index contributed by atoms with van der Waals surface area (Å²) in [6, 6.07) is 23.4. The van der Waals surface area contributed by atoms with Crippen LogP contribution in [0, 0.1) is 0 Å². The molecule has 6 nitrogen and oxygen atoms in total. The van der Waals surface area contributed by atoms with Crippen molar-refractivity contribution in [3.63, 3.8) is 0 Å². The largest absolute Gasteiger partial charge is 0.497 e. The lowest BCUT2D eigenvalue weighted by Crippen LogP contribution is -2.02. The summed E-state index contributed by atoms with van der Waals surface area (Å²) in [6.45, 7) is 2.60. The smallest absolute Gasteiger partial charge is 0.229 e. The Kier molecular flexibility index (Phi) is 5.42. The van der Waals surface area contributed by atoms with E-state index in [0.29, 0.717) is 12.6 Å². The molecule has 2 N–H and O–H groups in total. The van der Waals surface area contributed by atoms with E-state index in [4.69, 9.17) is 14.5 Å². The predicted molar refractivity (Wildman–Crippen MR) is 117 cm³/mol. The third-order valence-corrected chi connectivity index (χ3v) is 4.38. The second kappa shape index (κ2) is 8.48. The number of hydrogen-bond acceptors (Lipinski definition) is 6. The Balaban J connectivity index is 1.64. The van der Waals surface area contributed by atoms with Crippen molar-refractivity contribution >= 4 is 34.0 Å². The summed E-state index contributed by atoms with van der Waals surface area (Å²) in [5.74, 6) is 2.89. The molecule has 0 saturated heterocycles. The van der Waals surface area contributed by atoms with Gasteiger partial charge in [0.1, 0.15) is 17.3 Å². The molecule has 0 bridgehead atoms. The van der Waals surface area contributed by atoms with Gasteiger partial charge in [0.05, 0.1) is 19.2 Å². The molecule has 0 amide bonds. The molecule has 0 spiro atoms. The van der Waals surface area contributed by atoms with Gasteiger partial charge in [-0.3, -0.25) is 0 Å². The summed E-state index contributed by atoms with van der Waals surface area (Å²) in [5, 5.41) is 7.60. The Bertz CT molecular complexity index is 1100. The minimum atomic E-state index is 0.517. The van der Waals surface area contributed by atoms with Crippen molar-refractivity contribution in [3.05, 3.63) is 72.8 Å². The molecule has 0 aliphatic carbocycles. The molecule has 0 fully saturated rings. The molecule has 146 valence electrons. The third-order valence-electron chi connectivity index (χ3n) is 4.38. The number of benzene rings is 3. The zero-order valence-corrected chi connectivity index (χ0v) is 16.3. The first kappa shape index (κ1) is 18.6. The molecule has 4 aromatic rings. The van der Waals surface area contributed by atoms with Gasteiger partial charge >= 0.3 is 0 Å².